The Hall–Kier alpha value is -2.13. The van der Waals surface area contributed by atoms with Crippen molar-refractivity contribution in [3.8, 4) is 11.1 Å². The van der Waals surface area contributed by atoms with Crippen LogP contribution in [0, 0.1) is 0 Å². The summed E-state index contributed by atoms with van der Waals surface area (Å²) in [6, 6.07) is 16.9. The number of nitrogens with two attached hydrogens (primary N) is 1. The molecular formula is C18H18N2S. The third-order valence-electron chi connectivity index (χ3n) is 3.36. The monoisotopic (exact) mass is 294 g/mol. The molecule has 0 radical (unpaired) electrons. The lowest BCUT2D eigenvalue weighted by Gasteiger charge is -2.00. The average molecular weight is 294 g/mol. The number of benzene rings is 2. The average Bonchev–Trinajstić information content (AvgIpc) is 2.89. The molecule has 2 aromatic carbocycles. The van der Waals surface area contributed by atoms with E-state index in [1.165, 1.54) is 15.8 Å². The van der Waals surface area contributed by atoms with Gasteiger partial charge < -0.3 is 5.73 Å². The van der Waals surface area contributed by atoms with E-state index in [2.05, 4.69) is 60.4 Å². The highest BCUT2D eigenvalue weighted by Gasteiger charge is 2.06. The van der Waals surface area contributed by atoms with Gasteiger partial charge in [0.15, 0.2) is 0 Å². The van der Waals surface area contributed by atoms with Crippen LogP contribution in [0.3, 0.4) is 0 Å². The second-order valence-corrected chi connectivity index (χ2v) is 6.14. The van der Waals surface area contributed by atoms with Gasteiger partial charge in [-0.2, -0.15) is 0 Å². The van der Waals surface area contributed by atoms with Crippen LogP contribution in [0.2, 0.25) is 0 Å². The number of fused-ring (bicyclic) bond motifs is 1. The minimum absolute atomic E-state index is 0.744. The zero-order chi connectivity index (χ0) is 14.7. The molecular weight excluding hydrogens is 276 g/mol. The summed E-state index contributed by atoms with van der Waals surface area (Å²) in [6.45, 7) is 2.09. The summed E-state index contributed by atoms with van der Waals surface area (Å²) in [6.07, 6.45) is 3.77. The van der Waals surface area contributed by atoms with E-state index < -0.39 is 0 Å². The van der Waals surface area contributed by atoms with Crippen molar-refractivity contribution >= 4 is 21.6 Å². The summed E-state index contributed by atoms with van der Waals surface area (Å²) in [4.78, 5) is 4.67. The highest BCUT2D eigenvalue weighted by molar-refractivity contribution is 7.18. The first-order valence-corrected chi connectivity index (χ1v) is 7.97. The summed E-state index contributed by atoms with van der Waals surface area (Å²) in [7, 11) is 0. The molecule has 106 valence electrons. The zero-order valence-corrected chi connectivity index (χ0v) is 12.9. The highest BCUT2D eigenvalue weighted by Crippen LogP contribution is 2.28. The molecule has 0 aliphatic carbocycles. The summed E-state index contributed by atoms with van der Waals surface area (Å²) < 4.78 is 1.22. The fourth-order valence-corrected chi connectivity index (χ4v) is 3.41. The molecule has 0 aliphatic heterocycles. The SMILES string of the molecule is CC/C=C(\N)Cc1nc2ccc(-c3ccccc3)cc2s1. The lowest BCUT2D eigenvalue weighted by Crippen LogP contribution is -2.00. The van der Waals surface area contributed by atoms with Crippen LogP contribution in [0.4, 0.5) is 0 Å². The number of thiazole rings is 1. The standard InChI is InChI=1S/C18H18N2S/c1-2-6-15(19)12-18-20-16-10-9-14(11-17(16)21-18)13-7-4-3-5-8-13/h3-11H,2,12,19H2,1H3/b15-6-. The molecule has 3 aromatic rings. The summed E-state index contributed by atoms with van der Waals surface area (Å²) in [5, 5.41) is 1.08. The van der Waals surface area contributed by atoms with Gasteiger partial charge in [0.1, 0.15) is 0 Å². The van der Waals surface area contributed by atoms with E-state index in [0.717, 1.165) is 29.1 Å². The molecule has 3 heteroatoms. The molecule has 21 heavy (non-hydrogen) atoms. The fourth-order valence-electron chi connectivity index (χ4n) is 2.37. The van der Waals surface area contributed by atoms with E-state index in [1.54, 1.807) is 11.3 Å². The first kappa shape index (κ1) is 13.8. The summed E-state index contributed by atoms with van der Waals surface area (Å²) in [5.74, 6) is 0. The first-order chi connectivity index (χ1) is 10.3. The van der Waals surface area contributed by atoms with Crippen molar-refractivity contribution in [3.63, 3.8) is 0 Å². The lowest BCUT2D eigenvalue weighted by molar-refractivity contribution is 1.05. The Bertz CT molecular complexity index is 772. The van der Waals surface area contributed by atoms with E-state index in [4.69, 9.17) is 5.73 Å². The molecule has 0 atom stereocenters. The van der Waals surface area contributed by atoms with Crippen molar-refractivity contribution in [2.45, 2.75) is 19.8 Å². The van der Waals surface area contributed by atoms with E-state index >= 15 is 0 Å². The molecule has 2 N–H and O–H groups in total. The largest absolute Gasteiger partial charge is 0.402 e. The maximum absolute atomic E-state index is 5.99. The molecule has 0 fully saturated rings. The quantitative estimate of drug-likeness (QED) is 0.753. The molecule has 0 aliphatic rings. The van der Waals surface area contributed by atoms with Crippen molar-refractivity contribution < 1.29 is 0 Å². The van der Waals surface area contributed by atoms with Gasteiger partial charge in [-0.15, -0.1) is 11.3 Å². The van der Waals surface area contributed by atoms with E-state index in [1.807, 2.05) is 6.07 Å². The van der Waals surface area contributed by atoms with Gasteiger partial charge in [0.25, 0.3) is 0 Å². The van der Waals surface area contributed by atoms with Gasteiger partial charge in [-0.3, -0.25) is 0 Å². The third-order valence-corrected chi connectivity index (χ3v) is 4.38. The topological polar surface area (TPSA) is 38.9 Å². The van der Waals surface area contributed by atoms with E-state index in [0.29, 0.717) is 0 Å². The van der Waals surface area contributed by atoms with Gasteiger partial charge in [0, 0.05) is 12.1 Å². The van der Waals surface area contributed by atoms with E-state index in [-0.39, 0.29) is 0 Å². The van der Waals surface area contributed by atoms with Gasteiger partial charge in [-0.25, -0.2) is 4.98 Å². The maximum atomic E-state index is 5.99. The Morgan fingerprint density at radius 3 is 2.71 bits per heavy atom. The predicted octanol–water partition coefficient (Wildman–Crippen LogP) is 4.76. The van der Waals surface area contributed by atoms with Gasteiger partial charge in [0.05, 0.1) is 15.2 Å². The lowest BCUT2D eigenvalue weighted by atomic mass is 10.1. The zero-order valence-electron chi connectivity index (χ0n) is 12.0. The number of aromatic nitrogens is 1. The molecule has 2 nitrogen and oxygen atoms in total. The van der Waals surface area contributed by atoms with Gasteiger partial charge in [0.2, 0.25) is 0 Å². The number of hydrogen-bond donors (Lipinski definition) is 1. The molecule has 1 aromatic heterocycles. The maximum Gasteiger partial charge on any atom is 0.0997 e. The summed E-state index contributed by atoms with van der Waals surface area (Å²) >= 11 is 1.73. The van der Waals surface area contributed by atoms with Crippen LogP contribution in [0.1, 0.15) is 18.4 Å². The molecule has 0 unspecified atom stereocenters. The Morgan fingerprint density at radius 2 is 1.95 bits per heavy atom. The van der Waals surface area contributed by atoms with Gasteiger partial charge in [-0.05, 0) is 29.7 Å². The molecule has 0 saturated carbocycles. The van der Waals surface area contributed by atoms with Crippen LogP contribution in [-0.4, -0.2) is 4.98 Å². The first-order valence-electron chi connectivity index (χ1n) is 7.15. The van der Waals surface area contributed by atoms with Crippen LogP contribution in [0.5, 0.6) is 0 Å². The highest BCUT2D eigenvalue weighted by atomic mass is 32.1. The van der Waals surface area contributed by atoms with Crippen molar-refractivity contribution in [1.82, 2.24) is 4.98 Å². The van der Waals surface area contributed by atoms with Crippen molar-refractivity contribution in [1.29, 1.82) is 0 Å². The van der Waals surface area contributed by atoms with Crippen LogP contribution in [-0.2, 0) is 6.42 Å². The number of rotatable bonds is 4. The molecule has 0 bridgehead atoms. The van der Waals surface area contributed by atoms with Crippen LogP contribution >= 0.6 is 11.3 Å². The summed E-state index contributed by atoms with van der Waals surface area (Å²) in [5.41, 5.74) is 10.4. The number of nitrogens with zero attached hydrogens (tertiary/aromatic N) is 1. The predicted molar refractivity (Wildman–Crippen MR) is 91.3 cm³/mol. The van der Waals surface area contributed by atoms with Crippen LogP contribution < -0.4 is 5.73 Å². The third kappa shape index (κ3) is 3.14. The number of allylic oxidation sites excluding steroid dienone is 2. The minimum atomic E-state index is 0.744. The Kier molecular flexibility index (Phi) is 4.02. The Labute approximate surface area is 129 Å². The molecule has 3 rings (SSSR count). The van der Waals surface area contributed by atoms with Gasteiger partial charge >= 0.3 is 0 Å². The van der Waals surface area contributed by atoms with Gasteiger partial charge in [-0.1, -0.05) is 49.4 Å². The van der Waals surface area contributed by atoms with Crippen LogP contribution in [0.25, 0.3) is 21.3 Å². The molecule has 0 spiro atoms. The fraction of sp³-hybridized carbons (Fsp3) is 0.167. The molecule has 0 saturated heterocycles. The van der Waals surface area contributed by atoms with Crippen molar-refractivity contribution in [2.24, 2.45) is 5.73 Å². The number of hydrogen-bond acceptors (Lipinski definition) is 3. The van der Waals surface area contributed by atoms with Crippen LogP contribution in [0.15, 0.2) is 60.3 Å². The van der Waals surface area contributed by atoms with E-state index in [9.17, 15) is 0 Å². The molecule has 0 amide bonds. The van der Waals surface area contributed by atoms with Crippen molar-refractivity contribution in [2.75, 3.05) is 0 Å². The van der Waals surface area contributed by atoms with Crippen molar-refractivity contribution in [3.05, 3.63) is 65.3 Å². The minimum Gasteiger partial charge on any atom is -0.402 e. The molecule has 1 heterocycles. The second-order valence-electron chi connectivity index (χ2n) is 5.02. The Morgan fingerprint density at radius 1 is 1.14 bits per heavy atom. The smallest absolute Gasteiger partial charge is 0.0997 e. The normalized spacial score (nSPS) is 12.0. The Balaban J connectivity index is 1.94. The second kappa shape index (κ2) is 6.10.